The summed E-state index contributed by atoms with van der Waals surface area (Å²) in [5, 5.41) is 6.48. The number of para-hydroxylation sites is 1. The summed E-state index contributed by atoms with van der Waals surface area (Å²) in [6.07, 6.45) is 0. The third-order valence-corrected chi connectivity index (χ3v) is 6.08. The van der Waals surface area contributed by atoms with Gasteiger partial charge in [0.15, 0.2) is 5.78 Å². The molecule has 0 radical (unpaired) electrons. The van der Waals surface area contributed by atoms with Crippen LogP contribution in [0.25, 0.3) is 0 Å². The van der Waals surface area contributed by atoms with Crippen LogP contribution in [-0.2, 0) is 14.4 Å². The summed E-state index contributed by atoms with van der Waals surface area (Å²) in [5.41, 5.74) is 1.22. The minimum Gasteiger partial charge on any atom is -0.293 e. The number of amides is 2. The van der Waals surface area contributed by atoms with E-state index in [1.165, 1.54) is 11.9 Å². The molecule has 1 saturated heterocycles. The van der Waals surface area contributed by atoms with Gasteiger partial charge in [-0.15, -0.1) is 0 Å². The molecule has 2 aromatic carbocycles. The minimum atomic E-state index is -1.06. The summed E-state index contributed by atoms with van der Waals surface area (Å²) >= 11 is 18.8. The Morgan fingerprint density at radius 3 is 2.17 bits per heavy atom. The molecular weight excluding hydrogens is 437 g/mol. The molecule has 2 amide bonds. The van der Waals surface area contributed by atoms with Gasteiger partial charge in [-0.05, 0) is 36.8 Å². The number of hydrogen-bond acceptors (Lipinski definition) is 5. The zero-order valence-electron chi connectivity index (χ0n) is 15.3. The average Bonchev–Trinajstić information content (AvgIpc) is 3.16. The number of rotatable bonds is 3. The first-order valence-corrected chi connectivity index (χ1v) is 9.83. The van der Waals surface area contributed by atoms with Crippen LogP contribution in [0.4, 0.5) is 11.4 Å². The van der Waals surface area contributed by atoms with E-state index in [2.05, 4.69) is 5.10 Å². The molecule has 148 valence electrons. The largest absolute Gasteiger partial charge is 0.293 e. The lowest BCUT2D eigenvalue weighted by Crippen LogP contribution is -2.39. The van der Waals surface area contributed by atoms with Crippen molar-refractivity contribution in [3.8, 4) is 0 Å². The highest BCUT2D eigenvalue weighted by Gasteiger charge is 2.58. The summed E-state index contributed by atoms with van der Waals surface area (Å²) in [5.74, 6) is -2.52. The molecule has 0 saturated carbocycles. The van der Waals surface area contributed by atoms with Crippen LogP contribution in [0.5, 0.6) is 0 Å². The van der Waals surface area contributed by atoms with Crippen LogP contribution in [-0.4, -0.2) is 29.4 Å². The lowest BCUT2D eigenvalue weighted by atomic mass is 9.95. The highest BCUT2D eigenvalue weighted by atomic mass is 35.5. The van der Waals surface area contributed by atoms with Crippen molar-refractivity contribution < 1.29 is 14.4 Å². The minimum absolute atomic E-state index is 0.00785. The number of Topliss-reactive ketones (excluding diaryl/α,β-unsaturated/α-hetero) is 1. The van der Waals surface area contributed by atoms with Crippen LogP contribution in [0, 0.1) is 12.8 Å². The summed E-state index contributed by atoms with van der Waals surface area (Å²) in [7, 11) is 0. The van der Waals surface area contributed by atoms with Gasteiger partial charge >= 0.3 is 0 Å². The summed E-state index contributed by atoms with van der Waals surface area (Å²) in [4.78, 5) is 39.9. The van der Waals surface area contributed by atoms with Crippen LogP contribution in [0.2, 0.25) is 15.1 Å². The molecule has 0 aliphatic carbocycles. The van der Waals surface area contributed by atoms with E-state index in [1.54, 1.807) is 43.3 Å². The van der Waals surface area contributed by atoms with Crippen molar-refractivity contribution in [1.82, 2.24) is 0 Å². The van der Waals surface area contributed by atoms with Crippen LogP contribution in [0.3, 0.4) is 0 Å². The normalized spacial score (nSPS) is 20.9. The average molecular weight is 451 g/mol. The number of carbonyl (C=O) groups excluding carboxylic acids is 3. The van der Waals surface area contributed by atoms with Crippen molar-refractivity contribution in [2.45, 2.75) is 19.9 Å². The fraction of sp³-hybridized carbons (Fsp3) is 0.200. The van der Waals surface area contributed by atoms with Gasteiger partial charge in [-0.1, -0.05) is 46.9 Å². The molecule has 2 heterocycles. The summed E-state index contributed by atoms with van der Waals surface area (Å²) in [6, 6.07) is 8.75. The Balaban J connectivity index is 1.88. The van der Waals surface area contributed by atoms with E-state index in [4.69, 9.17) is 34.8 Å². The van der Waals surface area contributed by atoms with E-state index >= 15 is 0 Å². The molecule has 2 aromatic rings. The summed E-state index contributed by atoms with van der Waals surface area (Å²) < 4.78 is 0. The van der Waals surface area contributed by atoms with E-state index in [9.17, 15) is 14.4 Å². The zero-order chi connectivity index (χ0) is 21.0. The van der Waals surface area contributed by atoms with Crippen molar-refractivity contribution in [3.05, 3.63) is 57.0 Å². The van der Waals surface area contributed by atoms with Crippen molar-refractivity contribution >= 4 is 69.5 Å². The smallest absolute Gasteiger partial charge is 0.259 e. The molecule has 2 aliphatic heterocycles. The molecule has 2 unspecified atom stereocenters. The molecule has 0 aromatic heterocycles. The Kier molecular flexibility index (Phi) is 4.89. The lowest BCUT2D eigenvalue weighted by Gasteiger charge is -2.24. The number of carbonyl (C=O) groups is 3. The molecular formula is C20H14Cl3N3O3. The SMILES string of the molecule is CC(=O)C1=NN(c2c(Cl)cccc2Cl)C2C(=O)N(c3cccc(Cl)c3C)C(=O)C12. The quantitative estimate of drug-likeness (QED) is 0.655. The predicted molar refractivity (Wildman–Crippen MR) is 113 cm³/mol. The molecule has 2 atom stereocenters. The molecule has 0 N–H and O–H groups in total. The number of ketones is 1. The van der Waals surface area contributed by atoms with Crippen molar-refractivity contribution in [2.24, 2.45) is 11.0 Å². The Hall–Kier alpha value is -2.41. The first-order chi connectivity index (χ1) is 13.7. The van der Waals surface area contributed by atoms with Gasteiger partial charge in [-0.25, -0.2) is 9.91 Å². The maximum Gasteiger partial charge on any atom is 0.259 e. The standard InChI is InChI=1S/C20H14Cl3N3O3/c1-9-11(21)5-4-8-14(9)25-19(28)15-16(10(2)27)24-26(18(15)20(25)29)17-12(22)6-3-7-13(17)23/h3-8,15,18H,1-2H3. The second-order valence-corrected chi connectivity index (χ2v) is 8.00. The Labute approximate surface area is 181 Å². The highest BCUT2D eigenvalue weighted by molar-refractivity contribution is 6.49. The summed E-state index contributed by atoms with van der Waals surface area (Å²) in [6.45, 7) is 3.02. The van der Waals surface area contributed by atoms with Crippen molar-refractivity contribution in [2.75, 3.05) is 9.91 Å². The van der Waals surface area contributed by atoms with Crippen LogP contribution in [0.15, 0.2) is 41.5 Å². The number of fused-ring (bicyclic) bond motifs is 1. The molecule has 29 heavy (non-hydrogen) atoms. The molecule has 9 heteroatoms. The van der Waals surface area contributed by atoms with Crippen LogP contribution < -0.4 is 9.91 Å². The first-order valence-electron chi connectivity index (χ1n) is 8.69. The molecule has 2 aliphatic rings. The van der Waals surface area contributed by atoms with Gasteiger partial charge in [0.25, 0.3) is 5.91 Å². The monoisotopic (exact) mass is 449 g/mol. The topological polar surface area (TPSA) is 70.1 Å². The zero-order valence-corrected chi connectivity index (χ0v) is 17.6. The molecule has 1 fully saturated rings. The fourth-order valence-corrected chi connectivity index (χ4v) is 4.41. The second-order valence-electron chi connectivity index (χ2n) is 6.77. The fourth-order valence-electron chi connectivity index (χ4n) is 3.67. The van der Waals surface area contributed by atoms with Gasteiger partial charge in [0.2, 0.25) is 5.91 Å². The Morgan fingerprint density at radius 1 is 0.966 bits per heavy atom. The molecule has 0 bridgehead atoms. The molecule has 0 spiro atoms. The number of halogens is 3. The molecule has 4 rings (SSSR count). The Bertz CT molecular complexity index is 1100. The Morgan fingerprint density at radius 2 is 1.55 bits per heavy atom. The number of anilines is 2. The number of hydrogen-bond donors (Lipinski definition) is 0. The van der Waals surface area contributed by atoms with E-state index < -0.39 is 29.6 Å². The lowest BCUT2D eigenvalue weighted by molar-refractivity contribution is -0.122. The third kappa shape index (κ3) is 2.94. The van der Waals surface area contributed by atoms with Gasteiger partial charge in [0.05, 0.1) is 21.4 Å². The highest BCUT2D eigenvalue weighted by Crippen LogP contribution is 2.43. The third-order valence-electron chi connectivity index (χ3n) is 5.06. The number of hydrazone groups is 1. The first kappa shape index (κ1) is 19.9. The van der Waals surface area contributed by atoms with Gasteiger partial charge < -0.3 is 0 Å². The van der Waals surface area contributed by atoms with E-state index in [1.807, 2.05) is 0 Å². The molecule has 6 nitrogen and oxygen atoms in total. The number of nitrogens with zero attached hydrogens (tertiary/aromatic N) is 3. The number of imide groups is 1. The van der Waals surface area contributed by atoms with E-state index in [-0.39, 0.29) is 21.4 Å². The van der Waals surface area contributed by atoms with Crippen LogP contribution >= 0.6 is 34.8 Å². The van der Waals surface area contributed by atoms with Crippen molar-refractivity contribution in [3.63, 3.8) is 0 Å². The maximum atomic E-state index is 13.4. The van der Waals surface area contributed by atoms with Gasteiger partial charge in [0.1, 0.15) is 17.7 Å². The maximum absolute atomic E-state index is 13.4. The second kappa shape index (κ2) is 7.13. The van der Waals surface area contributed by atoms with Crippen molar-refractivity contribution in [1.29, 1.82) is 0 Å². The predicted octanol–water partition coefficient (Wildman–Crippen LogP) is 4.28. The van der Waals surface area contributed by atoms with Gasteiger partial charge in [-0.2, -0.15) is 5.10 Å². The van der Waals surface area contributed by atoms with Gasteiger partial charge in [0, 0.05) is 11.9 Å². The van der Waals surface area contributed by atoms with E-state index in [0.717, 1.165) is 4.90 Å². The van der Waals surface area contributed by atoms with Gasteiger partial charge in [-0.3, -0.25) is 14.4 Å². The van der Waals surface area contributed by atoms with E-state index in [0.29, 0.717) is 16.3 Å². The number of benzene rings is 2. The van der Waals surface area contributed by atoms with Crippen LogP contribution in [0.1, 0.15) is 12.5 Å².